The molecule has 3 rings (SSSR count). The molecule has 1 atom stereocenters. The summed E-state index contributed by atoms with van der Waals surface area (Å²) in [5.41, 5.74) is 6.76. The Morgan fingerprint density at radius 1 is 1.18 bits per heavy atom. The highest BCUT2D eigenvalue weighted by atomic mass is 16.3. The fourth-order valence-electron chi connectivity index (χ4n) is 3.55. The van der Waals surface area contributed by atoms with Crippen molar-refractivity contribution in [2.24, 2.45) is 11.1 Å². The molecule has 0 bridgehead atoms. The Bertz CT molecular complexity index is 779. The third-order valence-electron chi connectivity index (χ3n) is 4.58. The molecule has 108 valence electrons. The Balaban J connectivity index is 2.34. The Kier molecular flexibility index (Phi) is 3.24. The van der Waals surface area contributed by atoms with Gasteiger partial charge in [-0.05, 0) is 43.4 Å². The van der Waals surface area contributed by atoms with Crippen LogP contribution in [0.15, 0.2) is 45.2 Å². The molecule has 0 spiro atoms. The zero-order chi connectivity index (χ0) is 15.7. The van der Waals surface area contributed by atoms with Gasteiger partial charge in [-0.1, -0.05) is 5.57 Å². The van der Waals surface area contributed by atoms with Crippen LogP contribution < -0.4 is 5.73 Å². The van der Waals surface area contributed by atoms with E-state index < -0.39 is 11.3 Å². The second-order valence-corrected chi connectivity index (χ2v) is 5.59. The molecule has 2 N–H and O–H groups in total. The maximum absolute atomic E-state index is 9.72. The van der Waals surface area contributed by atoms with E-state index in [4.69, 9.17) is 10.2 Å². The van der Waals surface area contributed by atoms with Gasteiger partial charge < -0.3 is 10.2 Å². The molecule has 5 nitrogen and oxygen atoms in total. The molecule has 0 aromatic carbocycles. The highest BCUT2D eigenvalue weighted by Gasteiger charge is 2.52. The van der Waals surface area contributed by atoms with Crippen LogP contribution in [0.1, 0.15) is 37.4 Å². The van der Waals surface area contributed by atoms with Gasteiger partial charge in [0.15, 0.2) is 5.41 Å². The predicted molar refractivity (Wildman–Crippen MR) is 77.4 cm³/mol. The number of nitrogens with zero attached hydrogens (tertiary/aromatic N) is 3. The van der Waals surface area contributed by atoms with Gasteiger partial charge in [-0.2, -0.15) is 15.8 Å². The van der Waals surface area contributed by atoms with Crippen LogP contribution in [0.3, 0.4) is 0 Å². The molecule has 1 aromatic heterocycles. The quantitative estimate of drug-likeness (QED) is 0.854. The molecule has 0 saturated heterocycles. The largest absolute Gasteiger partial charge is 0.469 e. The predicted octanol–water partition coefficient (Wildman–Crippen LogP) is 3.02. The van der Waals surface area contributed by atoms with Gasteiger partial charge in [0, 0.05) is 0 Å². The first kappa shape index (κ1) is 14.0. The molecule has 1 aromatic rings. The first-order valence-corrected chi connectivity index (χ1v) is 7.18. The van der Waals surface area contributed by atoms with Crippen molar-refractivity contribution < 1.29 is 4.42 Å². The Labute approximate surface area is 128 Å². The van der Waals surface area contributed by atoms with E-state index in [0.717, 1.165) is 36.8 Å². The molecule has 2 aliphatic rings. The summed E-state index contributed by atoms with van der Waals surface area (Å²) in [6, 6.07) is 9.73. The van der Waals surface area contributed by atoms with Gasteiger partial charge in [0.1, 0.15) is 11.8 Å². The molecule has 0 amide bonds. The van der Waals surface area contributed by atoms with Gasteiger partial charge in [0.25, 0.3) is 0 Å². The summed E-state index contributed by atoms with van der Waals surface area (Å²) in [5.74, 6) is 0.0161. The minimum Gasteiger partial charge on any atom is -0.469 e. The van der Waals surface area contributed by atoms with Crippen LogP contribution in [0.25, 0.3) is 0 Å². The van der Waals surface area contributed by atoms with Crippen LogP contribution in [0.5, 0.6) is 0 Å². The summed E-state index contributed by atoms with van der Waals surface area (Å²) in [4.78, 5) is 0. The van der Waals surface area contributed by atoms with E-state index in [1.54, 1.807) is 12.1 Å². The lowest BCUT2D eigenvalue weighted by molar-refractivity contribution is 0.389. The fraction of sp³-hybridized carbons (Fsp3) is 0.353. The SMILES string of the molecule is N#CC1=C(N)C(C#N)(C#N)C(c2ccco2)C2=C1CCCC2. The van der Waals surface area contributed by atoms with Crippen molar-refractivity contribution in [3.8, 4) is 18.2 Å². The minimum absolute atomic E-state index is 0.0575. The van der Waals surface area contributed by atoms with E-state index in [1.165, 1.54) is 6.26 Å². The van der Waals surface area contributed by atoms with E-state index in [1.807, 2.05) is 0 Å². The highest BCUT2D eigenvalue weighted by molar-refractivity contribution is 5.61. The molecular weight excluding hydrogens is 276 g/mol. The number of nitrogens with two attached hydrogens (primary N) is 1. The Hall–Kier alpha value is -2.97. The number of furan rings is 1. The van der Waals surface area contributed by atoms with Crippen LogP contribution in [0, 0.1) is 39.4 Å². The second kappa shape index (κ2) is 5.10. The van der Waals surface area contributed by atoms with Gasteiger partial charge in [0.2, 0.25) is 0 Å². The molecule has 22 heavy (non-hydrogen) atoms. The van der Waals surface area contributed by atoms with E-state index in [0.29, 0.717) is 11.3 Å². The average molecular weight is 290 g/mol. The van der Waals surface area contributed by atoms with E-state index in [2.05, 4.69) is 18.2 Å². The molecular formula is C17H14N4O. The number of nitriles is 3. The summed E-state index contributed by atoms with van der Waals surface area (Å²) in [6.07, 6.45) is 4.99. The van der Waals surface area contributed by atoms with Crippen molar-refractivity contribution in [3.05, 3.63) is 46.6 Å². The van der Waals surface area contributed by atoms with Gasteiger partial charge in [-0.25, -0.2) is 0 Å². The van der Waals surface area contributed by atoms with Crippen LogP contribution in [0.4, 0.5) is 0 Å². The molecule has 0 radical (unpaired) electrons. The molecule has 1 heterocycles. The maximum Gasteiger partial charge on any atom is 0.197 e. The van der Waals surface area contributed by atoms with Crippen LogP contribution in [-0.2, 0) is 0 Å². The zero-order valence-electron chi connectivity index (χ0n) is 12.0. The summed E-state index contributed by atoms with van der Waals surface area (Å²) in [5, 5.41) is 28.9. The number of hydrogen-bond acceptors (Lipinski definition) is 5. The van der Waals surface area contributed by atoms with Gasteiger partial charge in [-0.3, -0.25) is 0 Å². The minimum atomic E-state index is -1.58. The lowest BCUT2D eigenvalue weighted by Gasteiger charge is -2.38. The summed E-state index contributed by atoms with van der Waals surface area (Å²) in [7, 11) is 0. The molecule has 0 aliphatic heterocycles. The van der Waals surface area contributed by atoms with Gasteiger partial charge in [-0.15, -0.1) is 0 Å². The summed E-state index contributed by atoms with van der Waals surface area (Å²) in [6.45, 7) is 0. The summed E-state index contributed by atoms with van der Waals surface area (Å²) < 4.78 is 5.50. The van der Waals surface area contributed by atoms with Gasteiger partial charge in [0.05, 0.1) is 35.6 Å². The lowest BCUT2D eigenvalue weighted by Crippen LogP contribution is -2.38. The molecule has 1 unspecified atom stereocenters. The summed E-state index contributed by atoms with van der Waals surface area (Å²) >= 11 is 0. The van der Waals surface area contributed by atoms with Crippen molar-refractivity contribution in [3.63, 3.8) is 0 Å². The Morgan fingerprint density at radius 3 is 2.50 bits per heavy atom. The number of allylic oxidation sites excluding steroid dienone is 4. The highest BCUT2D eigenvalue weighted by Crippen LogP contribution is 2.54. The first-order valence-electron chi connectivity index (χ1n) is 7.18. The second-order valence-electron chi connectivity index (χ2n) is 5.59. The van der Waals surface area contributed by atoms with Gasteiger partial charge >= 0.3 is 0 Å². The molecule has 2 aliphatic carbocycles. The van der Waals surface area contributed by atoms with E-state index >= 15 is 0 Å². The fourth-order valence-corrected chi connectivity index (χ4v) is 3.55. The first-order chi connectivity index (χ1) is 10.7. The Morgan fingerprint density at radius 2 is 1.91 bits per heavy atom. The lowest BCUT2D eigenvalue weighted by atomic mass is 9.61. The molecule has 5 heteroatoms. The van der Waals surface area contributed by atoms with Crippen molar-refractivity contribution in [1.29, 1.82) is 15.8 Å². The van der Waals surface area contributed by atoms with Crippen LogP contribution >= 0.6 is 0 Å². The van der Waals surface area contributed by atoms with Crippen molar-refractivity contribution in [2.45, 2.75) is 31.6 Å². The zero-order valence-corrected chi connectivity index (χ0v) is 12.0. The topological polar surface area (TPSA) is 111 Å². The maximum atomic E-state index is 9.72. The van der Waals surface area contributed by atoms with Crippen molar-refractivity contribution in [1.82, 2.24) is 0 Å². The monoisotopic (exact) mass is 290 g/mol. The normalized spacial score (nSPS) is 23.2. The van der Waals surface area contributed by atoms with E-state index in [-0.39, 0.29) is 5.70 Å². The molecule has 0 saturated carbocycles. The average Bonchev–Trinajstić information content (AvgIpc) is 3.08. The third-order valence-corrected chi connectivity index (χ3v) is 4.58. The smallest absolute Gasteiger partial charge is 0.197 e. The standard InChI is InChI=1S/C17H14N4O/c18-8-13-11-4-1-2-5-12(11)15(14-6-3-7-22-14)17(9-19,10-20)16(13)21/h3,6-7,15H,1-2,4-5,21H2. The van der Waals surface area contributed by atoms with Crippen molar-refractivity contribution >= 4 is 0 Å². The van der Waals surface area contributed by atoms with Crippen LogP contribution in [0.2, 0.25) is 0 Å². The number of hydrogen-bond donors (Lipinski definition) is 1. The third kappa shape index (κ3) is 1.68. The molecule has 0 fully saturated rings. The van der Waals surface area contributed by atoms with Crippen LogP contribution in [-0.4, -0.2) is 0 Å². The van der Waals surface area contributed by atoms with E-state index in [9.17, 15) is 15.8 Å². The van der Waals surface area contributed by atoms with Crippen molar-refractivity contribution in [2.75, 3.05) is 0 Å². The number of rotatable bonds is 1.